The number of carbonyl (C=O) groups excluding carboxylic acids is 1. The van der Waals surface area contributed by atoms with Crippen LogP contribution in [0.15, 0.2) is 53.8 Å². The number of anilines is 3. The van der Waals surface area contributed by atoms with E-state index in [4.69, 9.17) is 0 Å². The van der Waals surface area contributed by atoms with Crippen molar-refractivity contribution in [3.05, 3.63) is 71.3 Å². The summed E-state index contributed by atoms with van der Waals surface area (Å²) in [6, 6.07) is 12.7. The first-order valence-electron chi connectivity index (χ1n) is 11.0. The van der Waals surface area contributed by atoms with Crippen LogP contribution in [0.4, 0.5) is 21.6 Å². The number of nitrogens with zero attached hydrogens (tertiary/aromatic N) is 4. The van der Waals surface area contributed by atoms with Crippen LogP contribution in [0.25, 0.3) is 0 Å². The molecular weight excluding hydrogens is 437 g/mol. The number of nitrogens with one attached hydrogen (secondary N) is 1. The van der Waals surface area contributed by atoms with Gasteiger partial charge in [0.05, 0.1) is 5.75 Å². The van der Waals surface area contributed by atoms with Gasteiger partial charge in [0, 0.05) is 43.6 Å². The lowest BCUT2D eigenvalue weighted by atomic mass is 10.1. The van der Waals surface area contributed by atoms with Crippen LogP contribution in [0.5, 0.6) is 0 Å². The molecule has 0 spiro atoms. The molecule has 1 aliphatic heterocycles. The summed E-state index contributed by atoms with van der Waals surface area (Å²) in [4.78, 5) is 25.8. The van der Waals surface area contributed by atoms with E-state index >= 15 is 0 Å². The number of hydrogen-bond donors (Lipinski definition) is 1. The van der Waals surface area contributed by atoms with E-state index in [-0.39, 0.29) is 17.5 Å². The second-order valence-electron chi connectivity index (χ2n) is 8.28. The van der Waals surface area contributed by atoms with E-state index in [2.05, 4.69) is 44.1 Å². The zero-order valence-electron chi connectivity index (χ0n) is 19.1. The van der Waals surface area contributed by atoms with Gasteiger partial charge in [-0.15, -0.1) is 0 Å². The topological polar surface area (TPSA) is 61.4 Å². The predicted molar refractivity (Wildman–Crippen MR) is 133 cm³/mol. The first-order chi connectivity index (χ1) is 15.9. The number of carbonyl (C=O) groups is 1. The maximum absolute atomic E-state index is 13.2. The highest BCUT2D eigenvalue weighted by molar-refractivity contribution is 7.99. The Morgan fingerprint density at radius 2 is 1.61 bits per heavy atom. The Kier molecular flexibility index (Phi) is 7.13. The fourth-order valence-electron chi connectivity index (χ4n) is 4.12. The van der Waals surface area contributed by atoms with E-state index in [9.17, 15) is 9.18 Å². The lowest BCUT2D eigenvalue weighted by Crippen LogP contribution is -2.46. The molecule has 4 rings (SSSR count). The van der Waals surface area contributed by atoms with Gasteiger partial charge >= 0.3 is 0 Å². The molecule has 1 N–H and O–H groups in total. The molecule has 1 aliphatic rings. The number of piperazine rings is 1. The Labute approximate surface area is 198 Å². The number of rotatable bonds is 6. The Morgan fingerprint density at radius 3 is 2.27 bits per heavy atom. The molecule has 1 saturated heterocycles. The molecule has 0 unspecified atom stereocenters. The van der Waals surface area contributed by atoms with Crippen LogP contribution in [-0.4, -0.2) is 47.8 Å². The third-order valence-electron chi connectivity index (χ3n) is 5.72. The van der Waals surface area contributed by atoms with Gasteiger partial charge in [0.2, 0.25) is 5.91 Å². The number of hydrogen-bond acceptors (Lipinski definition) is 6. The lowest BCUT2D eigenvalue weighted by Gasteiger charge is -2.36. The van der Waals surface area contributed by atoms with Crippen molar-refractivity contribution >= 4 is 34.9 Å². The molecule has 0 atom stereocenters. The summed E-state index contributed by atoms with van der Waals surface area (Å²) < 4.78 is 13.2. The molecule has 2 heterocycles. The van der Waals surface area contributed by atoms with Crippen molar-refractivity contribution < 1.29 is 9.18 Å². The zero-order chi connectivity index (χ0) is 23.4. The molecule has 0 bridgehead atoms. The number of aryl methyl sites for hydroxylation is 3. The van der Waals surface area contributed by atoms with Crippen LogP contribution < -0.4 is 15.1 Å². The number of amides is 1. The van der Waals surface area contributed by atoms with Crippen LogP contribution >= 0.6 is 11.8 Å². The molecule has 3 aromatic rings. The standard InChI is InChI=1S/C25H28FN5OS/c1-17-12-18(2)25(19(3)13-17)29-23(32)15-33-24-14-22(27-16-28-24)31-10-8-30(9-11-31)21-6-4-20(26)5-7-21/h4-7,12-14,16H,8-11,15H2,1-3H3,(H,29,32). The number of benzene rings is 2. The van der Waals surface area contributed by atoms with Crippen LogP contribution in [0.3, 0.4) is 0 Å². The first kappa shape index (κ1) is 23.0. The molecule has 172 valence electrons. The highest BCUT2D eigenvalue weighted by atomic mass is 32.2. The quantitative estimate of drug-likeness (QED) is 0.424. The maximum Gasteiger partial charge on any atom is 0.234 e. The van der Waals surface area contributed by atoms with Crippen molar-refractivity contribution in [3.63, 3.8) is 0 Å². The van der Waals surface area contributed by atoms with Gasteiger partial charge in [-0.2, -0.15) is 0 Å². The fraction of sp³-hybridized carbons (Fsp3) is 0.320. The van der Waals surface area contributed by atoms with E-state index in [1.807, 2.05) is 32.0 Å². The van der Waals surface area contributed by atoms with E-state index in [0.717, 1.165) is 59.5 Å². The van der Waals surface area contributed by atoms with Crippen LogP contribution in [0.1, 0.15) is 16.7 Å². The van der Waals surface area contributed by atoms with Crippen molar-refractivity contribution in [2.75, 3.05) is 47.0 Å². The molecule has 1 fully saturated rings. The van der Waals surface area contributed by atoms with Gasteiger partial charge in [0.1, 0.15) is 23.0 Å². The maximum atomic E-state index is 13.2. The normalized spacial score (nSPS) is 13.8. The average Bonchev–Trinajstić information content (AvgIpc) is 2.81. The van der Waals surface area contributed by atoms with Crippen molar-refractivity contribution in [3.8, 4) is 0 Å². The third kappa shape index (κ3) is 5.82. The SMILES string of the molecule is Cc1cc(C)c(NC(=O)CSc2cc(N3CCN(c4ccc(F)cc4)CC3)ncn2)c(C)c1. The van der Waals surface area contributed by atoms with Crippen LogP contribution in [-0.2, 0) is 4.79 Å². The third-order valence-corrected chi connectivity index (χ3v) is 6.64. The monoisotopic (exact) mass is 465 g/mol. The molecule has 2 aromatic carbocycles. The number of aromatic nitrogens is 2. The van der Waals surface area contributed by atoms with Crippen LogP contribution in [0, 0.1) is 26.6 Å². The minimum absolute atomic E-state index is 0.0527. The minimum atomic E-state index is -0.221. The zero-order valence-corrected chi connectivity index (χ0v) is 20.0. The first-order valence-corrected chi connectivity index (χ1v) is 12.0. The average molecular weight is 466 g/mol. The molecule has 8 heteroatoms. The van der Waals surface area contributed by atoms with Gasteiger partial charge < -0.3 is 15.1 Å². The molecular formula is C25H28FN5OS. The van der Waals surface area contributed by atoms with Crippen molar-refractivity contribution in [1.29, 1.82) is 0 Å². The Bertz CT molecular complexity index is 1110. The molecule has 33 heavy (non-hydrogen) atoms. The molecule has 0 saturated carbocycles. The van der Waals surface area contributed by atoms with Gasteiger partial charge in [-0.1, -0.05) is 29.5 Å². The molecule has 1 aromatic heterocycles. The molecule has 0 radical (unpaired) electrons. The summed E-state index contributed by atoms with van der Waals surface area (Å²) in [5.74, 6) is 0.864. The summed E-state index contributed by atoms with van der Waals surface area (Å²) in [7, 11) is 0. The van der Waals surface area contributed by atoms with E-state index < -0.39 is 0 Å². The second kappa shape index (κ2) is 10.2. The Morgan fingerprint density at radius 1 is 0.970 bits per heavy atom. The summed E-state index contributed by atoms with van der Waals surface area (Å²) in [5.41, 5.74) is 5.22. The summed E-state index contributed by atoms with van der Waals surface area (Å²) in [6.45, 7) is 9.35. The van der Waals surface area contributed by atoms with E-state index in [1.54, 1.807) is 6.33 Å². The van der Waals surface area contributed by atoms with Crippen molar-refractivity contribution in [2.45, 2.75) is 25.8 Å². The minimum Gasteiger partial charge on any atom is -0.368 e. The largest absolute Gasteiger partial charge is 0.368 e. The van der Waals surface area contributed by atoms with E-state index in [0.29, 0.717) is 0 Å². The van der Waals surface area contributed by atoms with Gasteiger partial charge in [-0.3, -0.25) is 4.79 Å². The summed E-state index contributed by atoms with van der Waals surface area (Å²) >= 11 is 1.40. The van der Waals surface area contributed by atoms with E-state index in [1.165, 1.54) is 29.5 Å². The van der Waals surface area contributed by atoms with Crippen molar-refractivity contribution in [2.24, 2.45) is 0 Å². The molecule has 6 nitrogen and oxygen atoms in total. The van der Waals surface area contributed by atoms with Gasteiger partial charge in [-0.05, 0) is 56.2 Å². The number of thioether (sulfide) groups is 1. The van der Waals surface area contributed by atoms with Gasteiger partial charge in [0.15, 0.2) is 0 Å². The highest BCUT2D eigenvalue weighted by Crippen LogP contribution is 2.25. The molecule has 1 amide bonds. The lowest BCUT2D eigenvalue weighted by molar-refractivity contribution is -0.113. The second-order valence-corrected chi connectivity index (χ2v) is 9.27. The number of halogens is 1. The Hall–Kier alpha value is -3.13. The highest BCUT2D eigenvalue weighted by Gasteiger charge is 2.19. The van der Waals surface area contributed by atoms with Gasteiger partial charge in [0.25, 0.3) is 0 Å². The Balaban J connectivity index is 1.32. The molecule has 0 aliphatic carbocycles. The van der Waals surface area contributed by atoms with Crippen LogP contribution in [0.2, 0.25) is 0 Å². The smallest absolute Gasteiger partial charge is 0.234 e. The predicted octanol–water partition coefficient (Wildman–Crippen LogP) is 4.60. The van der Waals surface area contributed by atoms with Crippen molar-refractivity contribution in [1.82, 2.24) is 9.97 Å². The van der Waals surface area contributed by atoms with Gasteiger partial charge in [-0.25, -0.2) is 14.4 Å². The summed E-state index contributed by atoms with van der Waals surface area (Å²) in [6.07, 6.45) is 1.55. The fourth-order valence-corrected chi connectivity index (χ4v) is 4.78. The summed E-state index contributed by atoms with van der Waals surface area (Å²) in [5, 5.41) is 3.81.